The molecule has 3 aliphatic rings. The van der Waals surface area contributed by atoms with Gasteiger partial charge in [-0.05, 0) is 48.1 Å². The summed E-state index contributed by atoms with van der Waals surface area (Å²) < 4.78 is 11.3. The topological polar surface area (TPSA) is 68.2 Å². The number of hydrogen-bond donors (Lipinski definition) is 0. The second-order valence-electron chi connectivity index (χ2n) is 8.29. The Bertz CT molecular complexity index is 1180. The number of hydrazone groups is 1. The van der Waals surface area contributed by atoms with Gasteiger partial charge in [0.25, 0.3) is 11.8 Å². The molecule has 1 saturated heterocycles. The Morgan fingerprint density at radius 2 is 1.73 bits per heavy atom. The predicted molar refractivity (Wildman–Crippen MR) is 126 cm³/mol. The molecule has 0 unspecified atom stereocenters. The molecule has 170 valence electrons. The molecule has 4 atom stereocenters. The molecular weight excluding hydrogens is 487 g/mol. The number of hydrogen-bond acceptors (Lipinski definition) is 5. The van der Waals surface area contributed by atoms with Crippen molar-refractivity contribution in [1.82, 2.24) is 5.01 Å². The summed E-state index contributed by atoms with van der Waals surface area (Å²) in [5.41, 5.74) is 1.30. The summed E-state index contributed by atoms with van der Waals surface area (Å²) in [7, 11) is 1.49. The van der Waals surface area contributed by atoms with Crippen LogP contribution in [0.25, 0.3) is 0 Å². The third-order valence-electron chi connectivity index (χ3n) is 6.41. The second-order valence-corrected chi connectivity index (χ2v) is 9.54. The van der Waals surface area contributed by atoms with Crippen molar-refractivity contribution in [1.29, 1.82) is 0 Å². The fourth-order valence-corrected chi connectivity index (χ4v) is 5.60. The maximum atomic E-state index is 12.8. The van der Waals surface area contributed by atoms with E-state index < -0.39 is 0 Å². The van der Waals surface area contributed by atoms with Crippen molar-refractivity contribution in [2.45, 2.75) is 13.0 Å². The molecule has 0 spiro atoms. The van der Waals surface area contributed by atoms with Crippen LogP contribution in [0.15, 0.2) is 47.6 Å². The molecule has 1 saturated carbocycles. The van der Waals surface area contributed by atoms with E-state index in [1.165, 1.54) is 13.3 Å². The van der Waals surface area contributed by atoms with Crippen LogP contribution in [0.1, 0.15) is 17.5 Å². The van der Waals surface area contributed by atoms with E-state index in [0.717, 1.165) is 17.0 Å². The minimum atomic E-state index is -0.293. The Labute approximate surface area is 205 Å². The van der Waals surface area contributed by atoms with E-state index in [4.69, 9.17) is 44.3 Å². The largest absolute Gasteiger partial charge is 0.493 e. The summed E-state index contributed by atoms with van der Waals surface area (Å²) in [4.78, 5) is 25.6. The van der Waals surface area contributed by atoms with Gasteiger partial charge in [0.15, 0.2) is 11.5 Å². The molecule has 2 amide bonds. The second kappa shape index (κ2) is 8.67. The van der Waals surface area contributed by atoms with E-state index in [9.17, 15) is 9.59 Å². The molecule has 6 nitrogen and oxygen atoms in total. The third kappa shape index (κ3) is 3.90. The maximum Gasteiger partial charge on any atom is 0.254 e. The summed E-state index contributed by atoms with van der Waals surface area (Å²) in [6.45, 7) is 0.162. The van der Waals surface area contributed by atoms with E-state index in [-0.39, 0.29) is 42.1 Å². The summed E-state index contributed by atoms with van der Waals surface area (Å²) in [6, 6.07) is 8.43. The lowest BCUT2D eigenvalue weighted by molar-refractivity contribution is -0.140. The van der Waals surface area contributed by atoms with Gasteiger partial charge in [-0.1, -0.05) is 53.0 Å². The fourth-order valence-electron chi connectivity index (χ4n) is 4.87. The van der Waals surface area contributed by atoms with E-state index in [1.807, 2.05) is 12.2 Å². The van der Waals surface area contributed by atoms with Gasteiger partial charge in [-0.3, -0.25) is 9.59 Å². The van der Waals surface area contributed by atoms with Gasteiger partial charge in [0.05, 0.1) is 30.2 Å². The Hall–Kier alpha value is -2.54. The summed E-state index contributed by atoms with van der Waals surface area (Å²) in [5, 5.41) is 6.49. The van der Waals surface area contributed by atoms with Crippen LogP contribution in [0.5, 0.6) is 11.5 Å². The van der Waals surface area contributed by atoms with Crippen LogP contribution in [0, 0.1) is 23.7 Å². The lowest BCUT2D eigenvalue weighted by Crippen LogP contribution is -2.28. The number of methoxy groups -OCH3 is 1. The monoisotopic (exact) mass is 504 g/mol. The summed E-state index contributed by atoms with van der Waals surface area (Å²) >= 11 is 18.6. The first-order valence-corrected chi connectivity index (χ1v) is 11.5. The van der Waals surface area contributed by atoms with Crippen molar-refractivity contribution >= 4 is 52.8 Å². The normalized spacial score (nSPS) is 25.4. The SMILES string of the molecule is COc1cc(/C=N\N2C(=O)[C@@H]3[C@H](C2=O)[C@H]2C=C[C@H]3C2)cc(Cl)c1OCc1ccc(Cl)cc1Cl. The molecule has 9 heteroatoms. The van der Waals surface area contributed by atoms with Crippen molar-refractivity contribution in [3.05, 3.63) is 68.7 Å². The van der Waals surface area contributed by atoms with Crippen LogP contribution in [-0.4, -0.2) is 30.1 Å². The molecular formula is C24H19Cl3N2O4. The number of rotatable bonds is 6. The molecule has 2 aromatic rings. The van der Waals surface area contributed by atoms with Gasteiger partial charge in [-0.15, -0.1) is 0 Å². The van der Waals surface area contributed by atoms with Crippen molar-refractivity contribution in [2.75, 3.05) is 7.11 Å². The van der Waals surface area contributed by atoms with E-state index in [2.05, 4.69) is 5.10 Å². The van der Waals surface area contributed by atoms with Crippen LogP contribution in [0.3, 0.4) is 0 Å². The molecule has 2 bridgehead atoms. The minimum absolute atomic E-state index is 0.136. The van der Waals surface area contributed by atoms with Gasteiger partial charge in [0.1, 0.15) is 6.61 Å². The first kappa shape index (κ1) is 22.3. The number of imide groups is 1. The number of fused-ring (bicyclic) bond motifs is 5. The molecule has 0 aromatic heterocycles. The summed E-state index contributed by atoms with van der Waals surface area (Å²) in [6.07, 6.45) is 6.40. The smallest absolute Gasteiger partial charge is 0.254 e. The van der Waals surface area contributed by atoms with Crippen LogP contribution in [0.4, 0.5) is 0 Å². The first-order chi connectivity index (χ1) is 15.9. The molecule has 0 N–H and O–H groups in total. The highest BCUT2D eigenvalue weighted by Crippen LogP contribution is 2.52. The number of allylic oxidation sites excluding steroid dienone is 2. The lowest BCUT2D eigenvalue weighted by atomic mass is 9.85. The van der Waals surface area contributed by atoms with Crippen molar-refractivity contribution < 1.29 is 19.1 Å². The molecule has 1 aliphatic heterocycles. The van der Waals surface area contributed by atoms with E-state index in [0.29, 0.717) is 32.1 Å². The number of halogens is 3. The Morgan fingerprint density at radius 1 is 1.03 bits per heavy atom. The van der Waals surface area contributed by atoms with Gasteiger partial charge in [-0.2, -0.15) is 10.1 Å². The Morgan fingerprint density at radius 3 is 2.36 bits per heavy atom. The summed E-state index contributed by atoms with van der Waals surface area (Å²) in [5.74, 6) is -0.0722. The highest BCUT2D eigenvalue weighted by molar-refractivity contribution is 6.35. The molecule has 5 rings (SSSR count). The van der Waals surface area contributed by atoms with Gasteiger partial charge in [-0.25, -0.2) is 0 Å². The van der Waals surface area contributed by atoms with E-state index >= 15 is 0 Å². The standard InChI is InChI=1S/C24H19Cl3N2O4/c1-32-19-7-12(6-18(27)22(19)33-11-15-4-5-16(25)9-17(15)26)10-28-29-23(30)20-13-2-3-14(8-13)21(20)24(29)31/h2-7,9-10,13-14,20-21H,8,11H2,1H3/b28-10-/t13-,14-,20-,21+/m0/s1. The van der Waals surface area contributed by atoms with Crippen LogP contribution < -0.4 is 9.47 Å². The predicted octanol–water partition coefficient (Wildman–Crippen LogP) is 5.38. The number of benzene rings is 2. The number of carbonyl (C=O) groups is 2. The van der Waals surface area contributed by atoms with Crippen molar-refractivity contribution in [3.8, 4) is 11.5 Å². The van der Waals surface area contributed by atoms with Crippen LogP contribution in [-0.2, 0) is 16.2 Å². The molecule has 33 heavy (non-hydrogen) atoms. The Kier molecular flexibility index (Phi) is 5.85. The highest BCUT2D eigenvalue weighted by atomic mass is 35.5. The van der Waals surface area contributed by atoms with Gasteiger partial charge < -0.3 is 9.47 Å². The number of nitrogens with zero attached hydrogens (tertiary/aromatic N) is 2. The van der Waals surface area contributed by atoms with Crippen molar-refractivity contribution in [3.63, 3.8) is 0 Å². The van der Waals surface area contributed by atoms with Crippen LogP contribution >= 0.6 is 34.8 Å². The quantitative estimate of drug-likeness (QED) is 0.300. The zero-order valence-corrected chi connectivity index (χ0v) is 19.8. The van der Waals surface area contributed by atoms with Gasteiger partial charge >= 0.3 is 0 Å². The minimum Gasteiger partial charge on any atom is -0.493 e. The van der Waals surface area contributed by atoms with E-state index in [1.54, 1.807) is 30.3 Å². The zero-order chi connectivity index (χ0) is 23.3. The fraction of sp³-hybridized carbons (Fsp3) is 0.292. The maximum absolute atomic E-state index is 12.8. The lowest BCUT2D eigenvalue weighted by Gasteiger charge is -2.14. The average Bonchev–Trinajstić information content (AvgIpc) is 3.46. The van der Waals surface area contributed by atoms with Gasteiger partial charge in [0, 0.05) is 15.6 Å². The van der Waals surface area contributed by atoms with Crippen LogP contribution in [0.2, 0.25) is 15.1 Å². The van der Waals surface area contributed by atoms with Crippen molar-refractivity contribution in [2.24, 2.45) is 28.8 Å². The average molecular weight is 506 g/mol. The third-order valence-corrected chi connectivity index (χ3v) is 7.28. The molecule has 2 fully saturated rings. The zero-order valence-electron chi connectivity index (χ0n) is 17.5. The number of carbonyl (C=O) groups excluding carboxylic acids is 2. The molecule has 2 aliphatic carbocycles. The molecule has 2 aromatic carbocycles. The number of ether oxygens (including phenoxy) is 2. The first-order valence-electron chi connectivity index (χ1n) is 10.4. The highest BCUT2D eigenvalue weighted by Gasteiger charge is 2.59. The number of amides is 2. The Balaban J connectivity index is 1.33. The molecule has 1 heterocycles. The molecule has 0 radical (unpaired) electrons. The van der Waals surface area contributed by atoms with Gasteiger partial charge in [0.2, 0.25) is 0 Å².